The van der Waals surface area contributed by atoms with Gasteiger partial charge < -0.3 is 4.98 Å². The molecule has 2 N–H and O–H groups in total. The monoisotopic (exact) mass is 305 g/mol. The van der Waals surface area contributed by atoms with Crippen LogP contribution in [-0.2, 0) is 11.2 Å². The zero-order valence-corrected chi connectivity index (χ0v) is 12.5. The number of aromatic amines is 1. The molecule has 0 saturated heterocycles. The first kappa shape index (κ1) is 14.8. The molecule has 1 amide bonds. The number of hydrogen-bond donors (Lipinski definition) is 2. The molecular formula is C17H15N5O. The summed E-state index contributed by atoms with van der Waals surface area (Å²) in [5.41, 5.74) is 2.61. The average molecular weight is 305 g/mol. The topological polar surface area (TPSA) is 105 Å². The van der Waals surface area contributed by atoms with E-state index in [2.05, 4.69) is 27.4 Å². The van der Waals surface area contributed by atoms with Crippen molar-refractivity contribution in [1.29, 1.82) is 10.5 Å². The summed E-state index contributed by atoms with van der Waals surface area (Å²) in [4.78, 5) is 18.8. The highest BCUT2D eigenvalue weighted by molar-refractivity contribution is 5.89. The molecule has 1 aromatic heterocycles. The molecule has 1 heterocycles. The summed E-state index contributed by atoms with van der Waals surface area (Å²) in [5.74, 6) is 0.169. The highest BCUT2D eigenvalue weighted by Crippen LogP contribution is 2.33. The van der Waals surface area contributed by atoms with Gasteiger partial charge in [-0.05, 0) is 36.3 Å². The van der Waals surface area contributed by atoms with Crippen LogP contribution in [-0.4, -0.2) is 15.9 Å². The minimum absolute atomic E-state index is 0.00851. The number of amides is 1. The quantitative estimate of drug-likeness (QED) is 0.909. The van der Waals surface area contributed by atoms with Gasteiger partial charge in [0.1, 0.15) is 12.1 Å². The van der Waals surface area contributed by atoms with E-state index in [4.69, 9.17) is 10.5 Å². The van der Waals surface area contributed by atoms with Gasteiger partial charge in [0.2, 0.25) is 11.9 Å². The Bertz CT molecular complexity index is 793. The summed E-state index contributed by atoms with van der Waals surface area (Å²) in [6, 6.07) is 11.9. The summed E-state index contributed by atoms with van der Waals surface area (Å²) in [6.07, 6.45) is 3.48. The van der Waals surface area contributed by atoms with E-state index in [0.717, 1.165) is 19.3 Å². The number of anilines is 1. The summed E-state index contributed by atoms with van der Waals surface area (Å²) >= 11 is 0. The molecule has 0 fully saturated rings. The zero-order chi connectivity index (χ0) is 16.2. The largest absolute Gasteiger partial charge is 0.314 e. The number of nitriles is 2. The van der Waals surface area contributed by atoms with Gasteiger partial charge in [-0.15, -0.1) is 0 Å². The molecule has 0 aliphatic heterocycles. The van der Waals surface area contributed by atoms with Crippen molar-refractivity contribution < 1.29 is 4.79 Å². The first-order valence-corrected chi connectivity index (χ1v) is 7.49. The Morgan fingerprint density at radius 1 is 1.35 bits per heavy atom. The zero-order valence-electron chi connectivity index (χ0n) is 12.5. The minimum atomic E-state index is -0.172. The van der Waals surface area contributed by atoms with Crippen molar-refractivity contribution in [3.05, 3.63) is 46.8 Å². The molecule has 1 unspecified atom stereocenters. The normalized spacial score (nSPS) is 16.0. The molecule has 1 aliphatic rings. The molecular weight excluding hydrogens is 290 g/mol. The molecule has 0 saturated carbocycles. The maximum atomic E-state index is 12.3. The Kier molecular flexibility index (Phi) is 4.07. The van der Waals surface area contributed by atoms with Crippen molar-refractivity contribution in [2.24, 2.45) is 0 Å². The number of carbonyl (C=O) groups is 1. The third-order valence-electron chi connectivity index (χ3n) is 4.10. The van der Waals surface area contributed by atoms with Crippen LogP contribution >= 0.6 is 0 Å². The van der Waals surface area contributed by atoms with E-state index in [1.54, 1.807) is 0 Å². The van der Waals surface area contributed by atoms with Gasteiger partial charge in [0.25, 0.3) is 0 Å². The van der Waals surface area contributed by atoms with Crippen LogP contribution in [0.5, 0.6) is 0 Å². The van der Waals surface area contributed by atoms with Crippen LogP contribution in [0.15, 0.2) is 24.3 Å². The second-order valence-corrected chi connectivity index (χ2v) is 5.57. The van der Waals surface area contributed by atoms with E-state index in [1.807, 2.05) is 24.3 Å². The fraction of sp³-hybridized carbons (Fsp3) is 0.294. The highest BCUT2D eigenvalue weighted by atomic mass is 16.1. The number of aryl methyl sites for hydroxylation is 1. The summed E-state index contributed by atoms with van der Waals surface area (Å²) < 4.78 is 0. The first-order chi connectivity index (χ1) is 11.2. The molecule has 6 nitrogen and oxygen atoms in total. The molecule has 23 heavy (non-hydrogen) atoms. The van der Waals surface area contributed by atoms with E-state index in [-0.39, 0.29) is 29.2 Å². The van der Waals surface area contributed by atoms with Crippen LogP contribution in [0, 0.1) is 22.7 Å². The lowest BCUT2D eigenvalue weighted by atomic mass is 9.81. The molecule has 1 aliphatic carbocycles. The van der Waals surface area contributed by atoms with Crippen molar-refractivity contribution in [1.82, 2.24) is 9.97 Å². The maximum absolute atomic E-state index is 12.3. The van der Waals surface area contributed by atoms with Gasteiger partial charge in [-0.2, -0.15) is 10.5 Å². The molecule has 1 atom stereocenters. The Labute approximate surface area is 133 Å². The first-order valence-electron chi connectivity index (χ1n) is 7.49. The lowest BCUT2D eigenvalue weighted by Gasteiger charge is -2.24. The van der Waals surface area contributed by atoms with Gasteiger partial charge >= 0.3 is 0 Å². The smallest absolute Gasteiger partial charge is 0.227 e. The number of carbonyl (C=O) groups excluding carboxylic acids is 1. The van der Waals surface area contributed by atoms with Crippen molar-refractivity contribution in [2.75, 3.05) is 5.32 Å². The fourth-order valence-electron chi connectivity index (χ4n) is 3.07. The van der Waals surface area contributed by atoms with E-state index < -0.39 is 0 Å². The summed E-state index contributed by atoms with van der Waals surface area (Å²) in [6.45, 7) is 0. The fourth-order valence-corrected chi connectivity index (χ4v) is 3.07. The number of imidazole rings is 1. The van der Waals surface area contributed by atoms with Crippen molar-refractivity contribution in [2.45, 2.75) is 31.6 Å². The Hall–Kier alpha value is -3.12. The highest BCUT2D eigenvalue weighted by Gasteiger charge is 2.23. The third kappa shape index (κ3) is 3.07. The van der Waals surface area contributed by atoms with E-state index in [1.165, 1.54) is 11.1 Å². The number of nitrogens with zero attached hydrogens (tertiary/aromatic N) is 3. The number of fused-ring (bicyclic) bond motifs is 1. The van der Waals surface area contributed by atoms with Crippen molar-refractivity contribution >= 4 is 11.9 Å². The molecule has 0 bridgehead atoms. The Morgan fingerprint density at radius 2 is 2.17 bits per heavy atom. The number of H-pyrrole nitrogens is 1. The predicted molar refractivity (Wildman–Crippen MR) is 83.4 cm³/mol. The standard InChI is InChI=1S/C17H15N5O/c18-9-14-15(10-19)21-17(20-14)22-16(23)8-12-6-3-5-11-4-1-2-7-13(11)12/h1-2,4,7,12H,3,5-6,8H2,(H2,20,21,22,23). The van der Waals surface area contributed by atoms with Crippen LogP contribution in [0.3, 0.4) is 0 Å². The molecule has 0 spiro atoms. The summed E-state index contributed by atoms with van der Waals surface area (Å²) in [5, 5.41) is 20.4. The number of nitrogens with one attached hydrogen (secondary N) is 2. The number of rotatable bonds is 3. The number of benzene rings is 1. The van der Waals surface area contributed by atoms with Crippen LogP contribution in [0.4, 0.5) is 5.95 Å². The van der Waals surface area contributed by atoms with Gasteiger partial charge in [-0.3, -0.25) is 10.1 Å². The van der Waals surface area contributed by atoms with Crippen molar-refractivity contribution in [3.63, 3.8) is 0 Å². The second-order valence-electron chi connectivity index (χ2n) is 5.57. The van der Waals surface area contributed by atoms with Crippen molar-refractivity contribution in [3.8, 4) is 12.1 Å². The molecule has 0 radical (unpaired) electrons. The van der Waals surface area contributed by atoms with Crippen LogP contribution in [0.1, 0.15) is 47.7 Å². The SMILES string of the molecule is N#Cc1nc(NC(=O)CC2CCCc3ccccc32)[nH]c1C#N. The maximum Gasteiger partial charge on any atom is 0.227 e. The number of aromatic nitrogens is 2. The van der Waals surface area contributed by atoms with E-state index in [9.17, 15) is 4.79 Å². The summed E-state index contributed by atoms with van der Waals surface area (Å²) in [7, 11) is 0. The minimum Gasteiger partial charge on any atom is -0.314 e. The van der Waals surface area contributed by atoms with Gasteiger partial charge in [0.15, 0.2) is 11.4 Å². The molecule has 1 aromatic carbocycles. The Morgan fingerprint density at radius 3 is 2.91 bits per heavy atom. The lowest BCUT2D eigenvalue weighted by Crippen LogP contribution is -2.19. The van der Waals surface area contributed by atoms with Gasteiger partial charge in [-0.25, -0.2) is 4.98 Å². The second kappa shape index (κ2) is 6.33. The van der Waals surface area contributed by atoms with Crippen LogP contribution in [0.25, 0.3) is 0 Å². The molecule has 3 rings (SSSR count). The van der Waals surface area contributed by atoms with E-state index in [0.29, 0.717) is 6.42 Å². The average Bonchev–Trinajstić information content (AvgIpc) is 2.97. The molecule has 6 heteroatoms. The Balaban J connectivity index is 1.70. The third-order valence-corrected chi connectivity index (χ3v) is 4.10. The number of hydrogen-bond acceptors (Lipinski definition) is 4. The van der Waals surface area contributed by atoms with Gasteiger partial charge in [0.05, 0.1) is 0 Å². The van der Waals surface area contributed by atoms with Gasteiger partial charge in [0, 0.05) is 6.42 Å². The van der Waals surface area contributed by atoms with Crippen LogP contribution < -0.4 is 5.32 Å². The predicted octanol–water partition coefficient (Wildman–Crippen LogP) is 2.60. The van der Waals surface area contributed by atoms with Crippen LogP contribution in [0.2, 0.25) is 0 Å². The van der Waals surface area contributed by atoms with E-state index >= 15 is 0 Å². The van der Waals surface area contributed by atoms with Gasteiger partial charge in [-0.1, -0.05) is 24.3 Å². The molecule has 2 aromatic rings. The molecule has 114 valence electrons. The lowest BCUT2D eigenvalue weighted by molar-refractivity contribution is -0.116.